The number of hydrogen-bond donors (Lipinski definition) is 1. The van der Waals surface area contributed by atoms with Gasteiger partial charge >= 0.3 is 0 Å². The number of aryl methyl sites for hydroxylation is 1. The molecule has 0 saturated carbocycles. The van der Waals surface area contributed by atoms with Crippen LogP contribution in [-0.4, -0.2) is 34.4 Å². The van der Waals surface area contributed by atoms with Crippen molar-refractivity contribution in [2.24, 2.45) is 7.05 Å². The molecule has 1 atom stereocenters. The van der Waals surface area contributed by atoms with Crippen molar-refractivity contribution in [3.63, 3.8) is 0 Å². The molecule has 1 N–H and O–H groups in total. The molecule has 0 aliphatic heterocycles. The maximum Gasteiger partial charge on any atom is 0.268 e. The first-order valence-electron chi connectivity index (χ1n) is 8.58. The largest absolute Gasteiger partial charge is 0.340 e. The zero-order valence-corrected chi connectivity index (χ0v) is 15.2. The lowest BCUT2D eigenvalue weighted by Gasteiger charge is -2.20. The SMILES string of the molecule is CN(C#N)C(=O)C(Cc1ccccc1)NC(=O)c1cc2ccccc2n1C. The van der Waals surface area contributed by atoms with Crippen molar-refractivity contribution < 1.29 is 9.59 Å². The fourth-order valence-corrected chi connectivity index (χ4v) is 3.07. The van der Waals surface area contributed by atoms with E-state index in [0.29, 0.717) is 12.1 Å². The van der Waals surface area contributed by atoms with Crippen LogP contribution in [0.3, 0.4) is 0 Å². The Kier molecular flexibility index (Phi) is 5.23. The highest BCUT2D eigenvalue weighted by Gasteiger charge is 2.26. The number of nitrogens with one attached hydrogen (secondary N) is 1. The third kappa shape index (κ3) is 3.82. The molecule has 0 radical (unpaired) electrons. The average Bonchev–Trinajstić information content (AvgIpc) is 3.04. The number of benzene rings is 2. The first-order chi connectivity index (χ1) is 13.0. The number of hydrogen-bond acceptors (Lipinski definition) is 3. The van der Waals surface area contributed by atoms with E-state index in [1.165, 1.54) is 7.05 Å². The van der Waals surface area contributed by atoms with E-state index in [-0.39, 0.29) is 5.91 Å². The molecule has 3 aromatic rings. The van der Waals surface area contributed by atoms with Crippen molar-refractivity contribution in [3.8, 4) is 6.19 Å². The fraction of sp³-hybridized carbons (Fsp3) is 0.190. The average molecular weight is 360 g/mol. The van der Waals surface area contributed by atoms with Gasteiger partial charge in [0.15, 0.2) is 6.19 Å². The molecule has 0 spiro atoms. The minimum atomic E-state index is -0.831. The van der Waals surface area contributed by atoms with Crippen LogP contribution in [0.1, 0.15) is 16.1 Å². The molecule has 6 heteroatoms. The van der Waals surface area contributed by atoms with E-state index >= 15 is 0 Å². The lowest BCUT2D eigenvalue weighted by atomic mass is 10.0. The Balaban J connectivity index is 1.88. The van der Waals surface area contributed by atoms with Gasteiger partial charge in [-0.1, -0.05) is 48.5 Å². The molecule has 1 aromatic heterocycles. The number of fused-ring (bicyclic) bond motifs is 1. The van der Waals surface area contributed by atoms with E-state index in [9.17, 15) is 9.59 Å². The van der Waals surface area contributed by atoms with E-state index in [4.69, 9.17) is 5.26 Å². The molecular weight excluding hydrogens is 340 g/mol. The van der Waals surface area contributed by atoms with Crippen molar-refractivity contribution >= 4 is 22.7 Å². The van der Waals surface area contributed by atoms with Crippen molar-refractivity contribution in [1.29, 1.82) is 5.26 Å². The molecule has 2 amide bonds. The Morgan fingerprint density at radius 3 is 2.48 bits per heavy atom. The first-order valence-corrected chi connectivity index (χ1v) is 8.58. The Morgan fingerprint density at radius 2 is 1.81 bits per heavy atom. The number of nitrogens with zero attached hydrogens (tertiary/aromatic N) is 3. The van der Waals surface area contributed by atoms with E-state index in [1.807, 2.05) is 61.6 Å². The minimum absolute atomic E-state index is 0.307. The number of rotatable bonds is 5. The van der Waals surface area contributed by atoms with Crippen LogP contribution in [0.4, 0.5) is 0 Å². The summed E-state index contributed by atoms with van der Waals surface area (Å²) < 4.78 is 1.79. The Bertz CT molecular complexity index is 1020. The van der Waals surface area contributed by atoms with Gasteiger partial charge in [0, 0.05) is 31.4 Å². The van der Waals surface area contributed by atoms with Crippen LogP contribution < -0.4 is 5.32 Å². The van der Waals surface area contributed by atoms with Crippen molar-refractivity contribution in [2.75, 3.05) is 7.05 Å². The standard InChI is InChI=1S/C21H20N4O2/c1-24(14-22)21(27)17(12-15-8-4-3-5-9-15)23-20(26)19-13-16-10-6-7-11-18(16)25(19)2/h3-11,13,17H,12H2,1-2H3,(H,23,26). The predicted molar refractivity (Wildman–Crippen MR) is 103 cm³/mol. The van der Waals surface area contributed by atoms with Crippen molar-refractivity contribution in [3.05, 3.63) is 71.9 Å². The van der Waals surface area contributed by atoms with Crippen LogP contribution in [0, 0.1) is 11.5 Å². The second-order valence-electron chi connectivity index (χ2n) is 6.36. The Labute approximate surface area is 157 Å². The quantitative estimate of drug-likeness (QED) is 0.561. The summed E-state index contributed by atoms with van der Waals surface area (Å²) in [5.41, 5.74) is 2.30. The van der Waals surface area contributed by atoms with Gasteiger partial charge in [0.1, 0.15) is 11.7 Å². The Morgan fingerprint density at radius 1 is 1.15 bits per heavy atom. The highest BCUT2D eigenvalue weighted by atomic mass is 16.2. The molecule has 1 heterocycles. The summed E-state index contributed by atoms with van der Waals surface area (Å²) in [6, 6.07) is 18.0. The number of para-hydroxylation sites is 1. The second-order valence-corrected chi connectivity index (χ2v) is 6.36. The zero-order valence-electron chi connectivity index (χ0n) is 15.2. The second kappa shape index (κ2) is 7.75. The maximum absolute atomic E-state index is 12.9. The van der Waals surface area contributed by atoms with Gasteiger partial charge in [0.25, 0.3) is 11.8 Å². The van der Waals surface area contributed by atoms with Crippen LogP contribution in [-0.2, 0) is 18.3 Å². The van der Waals surface area contributed by atoms with Crippen molar-refractivity contribution in [1.82, 2.24) is 14.8 Å². The summed E-state index contributed by atoms with van der Waals surface area (Å²) >= 11 is 0. The fourth-order valence-electron chi connectivity index (χ4n) is 3.07. The van der Waals surface area contributed by atoms with Crippen molar-refractivity contribution in [2.45, 2.75) is 12.5 Å². The summed E-state index contributed by atoms with van der Waals surface area (Å²) in [5, 5.41) is 12.8. The molecular formula is C21H20N4O2. The van der Waals surface area contributed by atoms with Gasteiger partial charge in [0.2, 0.25) is 0 Å². The van der Waals surface area contributed by atoms with Gasteiger partial charge in [-0.15, -0.1) is 0 Å². The lowest BCUT2D eigenvalue weighted by molar-refractivity contribution is -0.129. The predicted octanol–water partition coefficient (Wildman–Crippen LogP) is 2.46. The number of aromatic nitrogens is 1. The van der Waals surface area contributed by atoms with Gasteiger partial charge in [-0.25, -0.2) is 0 Å². The smallest absolute Gasteiger partial charge is 0.268 e. The van der Waals surface area contributed by atoms with E-state index in [2.05, 4.69) is 5.32 Å². The zero-order chi connectivity index (χ0) is 19.4. The summed E-state index contributed by atoms with van der Waals surface area (Å²) in [5.74, 6) is -0.803. The van der Waals surface area contributed by atoms with Gasteiger partial charge in [0.05, 0.1) is 0 Å². The molecule has 2 aromatic carbocycles. The molecule has 27 heavy (non-hydrogen) atoms. The number of likely N-dealkylation sites (N-methyl/N-ethyl adjacent to an activating group) is 1. The minimum Gasteiger partial charge on any atom is -0.340 e. The molecule has 6 nitrogen and oxygen atoms in total. The molecule has 0 bridgehead atoms. The molecule has 0 fully saturated rings. The van der Waals surface area contributed by atoms with E-state index < -0.39 is 11.9 Å². The number of nitriles is 1. The highest BCUT2D eigenvalue weighted by Crippen LogP contribution is 2.18. The van der Waals surface area contributed by atoms with Crippen LogP contribution in [0.15, 0.2) is 60.7 Å². The number of carbonyl (C=O) groups excluding carboxylic acids is 2. The highest BCUT2D eigenvalue weighted by molar-refractivity contribution is 6.00. The molecule has 1 unspecified atom stereocenters. The van der Waals surface area contributed by atoms with Crippen LogP contribution in [0.5, 0.6) is 0 Å². The van der Waals surface area contributed by atoms with Crippen LogP contribution in [0.25, 0.3) is 10.9 Å². The summed E-state index contributed by atoms with van der Waals surface area (Å²) in [6.07, 6.45) is 2.11. The summed E-state index contributed by atoms with van der Waals surface area (Å²) in [6.45, 7) is 0. The molecule has 3 rings (SSSR count). The third-order valence-corrected chi connectivity index (χ3v) is 4.55. The van der Waals surface area contributed by atoms with Crippen LogP contribution in [0.2, 0.25) is 0 Å². The monoisotopic (exact) mass is 360 g/mol. The lowest BCUT2D eigenvalue weighted by Crippen LogP contribution is -2.47. The van der Waals surface area contributed by atoms with E-state index in [1.54, 1.807) is 16.8 Å². The van der Waals surface area contributed by atoms with Crippen LogP contribution >= 0.6 is 0 Å². The Hall–Kier alpha value is -3.59. The third-order valence-electron chi connectivity index (χ3n) is 4.55. The molecule has 0 aliphatic rings. The maximum atomic E-state index is 12.9. The van der Waals surface area contributed by atoms with Gasteiger partial charge in [-0.3, -0.25) is 14.5 Å². The van der Waals surface area contributed by atoms with Gasteiger partial charge < -0.3 is 9.88 Å². The van der Waals surface area contributed by atoms with Gasteiger partial charge in [-0.05, 0) is 17.7 Å². The number of amides is 2. The first kappa shape index (κ1) is 18.2. The summed E-state index contributed by atoms with van der Waals surface area (Å²) in [7, 11) is 3.20. The topological polar surface area (TPSA) is 78.1 Å². The summed E-state index contributed by atoms with van der Waals surface area (Å²) in [4.78, 5) is 26.4. The molecule has 136 valence electrons. The molecule has 0 aliphatic carbocycles. The normalized spacial score (nSPS) is 11.6. The van der Waals surface area contributed by atoms with Gasteiger partial charge in [-0.2, -0.15) is 5.26 Å². The van der Waals surface area contributed by atoms with E-state index in [0.717, 1.165) is 21.4 Å². The molecule has 0 saturated heterocycles. The number of carbonyl (C=O) groups is 2.